The summed E-state index contributed by atoms with van der Waals surface area (Å²) in [5, 5.41) is 2.92. The van der Waals surface area contributed by atoms with Gasteiger partial charge in [-0.15, -0.1) is 0 Å². The maximum absolute atomic E-state index is 16.2. The van der Waals surface area contributed by atoms with Crippen LogP contribution in [-0.4, -0.2) is 70.6 Å². The van der Waals surface area contributed by atoms with Gasteiger partial charge in [0.05, 0.1) is 40.5 Å². The average molecular weight is 587 g/mol. The maximum Gasteiger partial charge on any atom is 0.246 e. The monoisotopic (exact) mass is 586 g/mol. The molecule has 5 rings (SSSR count). The molecule has 12 heteroatoms. The Balaban J connectivity index is 1.41. The second-order valence-corrected chi connectivity index (χ2v) is 10.2. The number of pyridine rings is 1. The van der Waals surface area contributed by atoms with Gasteiger partial charge in [-0.25, -0.2) is 18.7 Å². The van der Waals surface area contributed by atoms with Crippen LogP contribution >= 0.6 is 0 Å². The molecule has 0 aliphatic carbocycles. The summed E-state index contributed by atoms with van der Waals surface area (Å²) in [5.74, 6) is -0.490. The van der Waals surface area contributed by atoms with E-state index in [0.29, 0.717) is 31.1 Å². The Labute approximate surface area is 248 Å². The van der Waals surface area contributed by atoms with Crippen molar-refractivity contribution in [1.29, 1.82) is 0 Å². The van der Waals surface area contributed by atoms with E-state index in [-0.39, 0.29) is 46.1 Å². The van der Waals surface area contributed by atoms with E-state index >= 15 is 8.78 Å². The number of piperazine rings is 1. The number of benzene rings is 2. The largest absolute Gasteiger partial charge is 0.457 e. The molecule has 2 aromatic heterocycles. The fraction of sp³-hybridized carbons (Fsp3) is 0.258. The number of carbonyl (C=O) groups excluding carboxylic acids is 1. The minimum Gasteiger partial charge on any atom is -0.457 e. The van der Waals surface area contributed by atoms with Gasteiger partial charge in [0.25, 0.3) is 0 Å². The molecule has 1 amide bonds. The lowest BCUT2D eigenvalue weighted by Crippen LogP contribution is -2.54. The van der Waals surface area contributed by atoms with Gasteiger partial charge in [-0.2, -0.15) is 0 Å². The Hall–Kier alpha value is -5.13. The van der Waals surface area contributed by atoms with Crippen molar-refractivity contribution in [3.8, 4) is 11.5 Å². The van der Waals surface area contributed by atoms with Crippen molar-refractivity contribution in [2.75, 3.05) is 36.9 Å². The van der Waals surface area contributed by atoms with Crippen LogP contribution in [0.15, 0.2) is 65.5 Å². The third-order valence-electron chi connectivity index (χ3n) is 7.51. The number of fused-ring (bicyclic) bond motifs is 1. The lowest BCUT2D eigenvalue weighted by atomic mass is 10.1. The molecule has 1 aliphatic heterocycles. The number of anilines is 2. The van der Waals surface area contributed by atoms with E-state index < -0.39 is 11.6 Å². The van der Waals surface area contributed by atoms with Crippen molar-refractivity contribution in [2.24, 2.45) is 17.0 Å². The standard InChI is InChI=1S/C31H32F2N8O2/c1-7-26(42)41-13-12-40(16-18(41)2)31-29(33)27(23(34-4)15-36-31)30(35-5)38-21-9-11-25(19(3)28(21)32)43-20-8-10-24-22(14-20)37-17-39(24)6/h7-11,14-15,17-18H,1,4,12-13,16H2,2-3,5-6H3,(H,35,38)/t18-/m1/s1. The molecule has 1 N–H and O–H groups in total. The molecule has 1 fully saturated rings. The highest BCUT2D eigenvalue weighted by atomic mass is 19.1. The van der Waals surface area contributed by atoms with Gasteiger partial charge >= 0.3 is 0 Å². The van der Waals surface area contributed by atoms with Crippen molar-refractivity contribution in [3.63, 3.8) is 0 Å². The number of nitrogens with one attached hydrogen (secondary N) is 1. The lowest BCUT2D eigenvalue weighted by molar-refractivity contribution is -0.128. The quantitative estimate of drug-likeness (QED) is 0.177. The number of halogens is 2. The Bertz CT molecular complexity index is 1770. The average Bonchev–Trinajstić information content (AvgIpc) is 3.38. The van der Waals surface area contributed by atoms with Crippen LogP contribution in [0.2, 0.25) is 0 Å². The summed E-state index contributed by atoms with van der Waals surface area (Å²) in [5.41, 5.74) is 2.17. The molecule has 4 aromatic rings. The van der Waals surface area contributed by atoms with Crippen molar-refractivity contribution in [3.05, 3.63) is 78.3 Å². The summed E-state index contributed by atoms with van der Waals surface area (Å²) in [6.07, 6.45) is 4.38. The van der Waals surface area contributed by atoms with E-state index in [1.807, 2.05) is 24.6 Å². The first kappa shape index (κ1) is 29.4. The van der Waals surface area contributed by atoms with Gasteiger partial charge in [0.2, 0.25) is 5.91 Å². The van der Waals surface area contributed by atoms with E-state index in [9.17, 15) is 4.79 Å². The zero-order chi connectivity index (χ0) is 30.8. The van der Waals surface area contributed by atoms with Gasteiger partial charge in [-0.3, -0.25) is 14.8 Å². The number of hydrogen-bond donors (Lipinski definition) is 1. The second-order valence-electron chi connectivity index (χ2n) is 10.2. The highest BCUT2D eigenvalue weighted by Gasteiger charge is 2.30. The molecule has 3 heterocycles. The number of aromatic nitrogens is 3. The number of carbonyl (C=O) groups is 1. The van der Waals surface area contributed by atoms with Crippen molar-refractivity contribution in [1.82, 2.24) is 19.4 Å². The maximum atomic E-state index is 16.2. The zero-order valence-corrected chi connectivity index (χ0v) is 24.4. The molecule has 10 nitrogen and oxygen atoms in total. The molecule has 222 valence electrons. The van der Waals surface area contributed by atoms with E-state index in [1.54, 1.807) is 41.2 Å². The fourth-order valence-electron chi connectivity index (χ4n) is 5.17. The molecule has 0 unspecified atom stereocenters. The molecule has 1 saturated heterocycles. The summed E-state index contributed by atoms with van der Waals surface area (Å²) in [6, 6.07) is 8.40. The van der Waals surface area contributed by atoms with Gasteiger partial charge in [0, 0.05) is 51.4 Å². The molecule has 1 atom stereocenters. The normalized spacial score (nSPS) is 15.5. The van der Waals surface area contributed by atoms with E-state index in [1.165, 1.54) is 25.4 Å². The van der Waals surface area contributed by atoms with Crippen LogP contribution in [-0.2, 0) is 11.8 Å². The Morgan fingerprint density at radius 2 is 1.98 bits per heavy atom. The van der Waals surface area contributed by atoms with Gasteiger partial charge in [0.15, 0.2) is 17.5 Å². The molecule has 0 spiro atoms. The van der Waals surface area contributed by atoms with Crippen LogP contribution in [0.4, 0.5) is 26.0 Å². The third-order valence-corrected chi connectivity index (χ3v) is 7.51. The molecule has 1 aliphatic rings. The summed E-state index contributed by atoms with van der Waals surface area (Å²) < 4.78 is 39.7. The van der Waals surface area contributed by atoms with E-state index in [0.717, 1.165) is 11.0 Å². The number of imidazole rings is 1. The van der Waals surface area contributed by atoms with Crippen molar-refractivity contribution in [2.45, 2.75) is 19.9 Å². The molecule has 2 aromatic carbocycles. The highest BCUT2D eigenvalue weighted by molar-refractivity contribution is 6.12. The van der Waals surface area contributed by atoms with Crippen LogP contribution < -0.4 is 15.0 Å². The first-order valence-electron chi connectivity index (χ1n) is 13.6. The molecular formula is C31H32F2N8O2. The van der Waals surface area contributed by atoms with Crippen LogP contribution in [0.25, 0.3) is 11.0 Å². The van der Waals surface area contributed by atoms with Gasteiger partial charge in [0.1, 0.15) is 17.3 Å². The first-order valence-corrected chi connectivity index (χ1v) is 13.6. The minimum absolute atomic E-state index is 0.000735. The molecule has 0 saturated carbocycles. The molecule has 43 heavy (non-hydrogen) atoms. The number of aryl methyl sites for hydroxylation is 1. The summed E-state index contributed by atoms with van der Waals surface area (Å²) >= 11 is 0. The number of hydrogen-bond acceptors (Lipinski definition) is 7. The van der Waals surface area contributed by atoms with Gasteiger partial charge < -0.3 is 24.4 Å². The minimum atomic E-state index is -0.685. The molecule has 0 radical (unpaired) electrons. The number of amidine groups is 1. The topological polar surface area (TPSA) is 100 Å². The highest BCUT2D eigenvalue weighted by Crippen LogP contribution is 2.34. The predicted octanol–water partition coefficient (Wildman–Crippen LogP) is 5.39. The van der Waals surface area contributed by atoms with E-state index in [2.05, 4.69) is 38.6 Å². The van der Waals surface area contributed by atoms with Gasteiger partial charge in [-0.05, 0) is 50.9 Å². The van der Waals surface area contributed by atoms with Crippen LogP contribution in [0.5, 0.6) is 11.5 Å². The fourth-order valence-corrected chi connectivity index (χ4v) is 5.17. The number of rotatable bonds is 7. The van der Waals surface area contributed by atoms with Crippen molar-refractivity contribution < 1.29 is 18.3 Å². The Kier molecular flexibility index (Phi) is 8.20. The SMILES string of the molecule is C=CC(=O)N1CCN(c2ncc(N=C)c(C(=NC)Nc3ccc(Oc4ccc5c(c4)ncn5C)c(C)c3F)c2F)C[C@H]1C. The smallest absolute Gasteiger partial charge is 0.246 e. The summed E-state index contributed by atoms with van der Waals surface area (Å²) in [7, 11) is 3.36. The summed E-state index contributed by atoms with van der Waals surface area (Å²) in [4.78, 5) is 32.4. The Morgan fingerprint density at radius 1 is 1.19 bits per heavy atom. The number of nitrogens with zero attached hydrogens (tertiary/aromatic N) is 7. The third kappa shape index (κ3) is 5.55. The van der Waals surface area contributed by atoms with Crippen LogP contribution in [0, 0.1) is 18.6 Å². The number of amides is 1. The van der Waals surface area contributed by atoms with Gasteiger partial charge in [-0.1, -0.05) is 6.58 Å². The Morgan fingerprint density at radius 3 is 2.67 bits per heavy atom. The molecular weight excluding hydrogens is 554 g/mol. The number of aliphatic imine (C=N–C) groups is 2. The summed E-state index contributed by atoms with van der Waals surface area (Å²) in [6.45, 7) is 11.7. The van der Waals surface area contributed by atoms with E-state index in [4.69, 9.17) is 4.74 Å². The molecule has 0 bridgehead atoms. The first-order chi connectivity index (χ1) is 20.7. The van der Waals surface area contributed by atoms with Crippen LogP contribution in [0.3, 0.4) is 0 Å². The van der Waals surface area contributed by atoms with Crippen LogP contribution in [0.1, 0.15) is 18.1 Å². The zero-order valence-electron chi connectivity index (χ0n) is 24.4. The predicted molar refractivity (Wildman–Crippen MR) is 165 cm³/mol. The second kappa shape index (κ2) is 12.0. The van der Waals surface area contributed by atoms with Crippen molar-refractivity contribution >= 4 is 46.7 Å². The number of ether oxygens (including phenoxy) is 1. The lowest BCUT2D eigenvalue weighted by Gasteiger charge is -2.40.